The zero-order chi connectivity index (χ0) is 6.10. The van der Waals surface area contributed by atoms with Crippen molar-refractivity contribution in [1.29, 1.82) is 0 Å². The maximum absolute atomic E-state index is 5.23. The van der Waals surface area contributed by atoms with E-state index >= 15 is 0 Å². The topological polar surface area (TPSA) is 34.3 Å². The van der Waals surface area contributed by atoms with Gasteiger partial charge < -0.3 is 14.2 Å². The third kappa shape index (κ3) is 2.88. The third-order valence-electron chi connectivity index (χ3n) is 1.41. The van der Waals surface area contributed by atoms with Crippen LogP contribution in [0.5, 0.6) is 0 Å². The lowest BCUT2D eigenvalue weighted by atomic mass is 10.5. The lowest BCUT2D eigenvalue weighted by molar-refractivity contribution is 0.102. The van der Waals surface area contributed by atoms with Crippen LogP contribution in [0.3, 0.4) is 0 Å². The van der Waals surface area contributed by atoms with Crippen LogP contribution in [-0.2, 0) is 14.2 Å². The van der Waals surface area contributed by atoms with Gasteiger partial charge in [-0.25, -0.2) is 0 Å². The van der Waals surface area contributed by atoms with Gasteiger partial charge in [0.1, 0.15) is 12.2 Å². The summed E-state index contributed by atoms with van der Waals surface area (Å²) in [5.41, 5.74) is 0. The molecule has 60 valence electrons. The van der Waals surface area contributed by atoms with E-state index in [0.717, 1.165) is 26.4 Å². The summed E-state index contributed by atoms with van der Waals surface area (Å²) in [4.78, 5) is 0. The van der Waals surface area contributed by atoms with Gasteiger partial charge in [0, 0.05) is 0 Å². The van der Waals surface area contributed by atoms with E-state index in [4.69, 9.17) is 14.2 Å². The van der Waals surface area contributed by atoms with Crippen molar-refractivity contribution in [3.05, 3.63) is 0 Å². The molecule has 0 aromatic rings. The quantitative estimate of drug-likeness (QED) is 0.545. The lowest BCUT2D eigenvalue weighted by Crippen LogP contribution is -2.06. The fourth-order valence-corrected chi connectivity index (χ4v) is 0.659. The van der Waals surface area contributed by atoms with Crippen LogP contribution in [0.1, 0.15) is 0 Å². The van der Waals surface area contributed by atoms with Crippen LogP contribution >= 0.6 is 13.5 Å². The number of hydrogen-bond donors (Lipinski definition) is 0. The Morgan fingerprint density at radius 2 is 1.50 bits per heavy atom. The molecule has 2 aliphatic heterocycles. The fourth-order valence-electron chi connectivity index (χ4n) is 0.659. The fraction of sp³-hybridized carbons (Fsp3) is 1.00. The van der Waals surface area contributed by atoms with Gasteiger partial charge in [0.15, 0.2) is 0 Å². The molecule has 4 heteroatoms. The Labute approximate surface area is 67.1 Å². The predicted molar refractivity (Wildman–Crippen MR) is 40.7 cm³/mol. The highest BCUT2D eigenvalue weighted by Gasteiger charge is 2.26. The van der Waals surface area contributed by atoms with E-state index in [0.29, 0.717) is 12.2 Å². The molecule has 2 fully saturated rings. The van der Waals surface area contributed by atoms with Gasteiger partial charge in [-0.2, -0.15) is 13.5 Å². The first-order chi connectivity index (χ1) is 4.45. The van der Waals surface area contributed by atoms with Gasteiger partial charge in [0.25, 0.3) is 0 Å². The molecule has 0 N–H and O–H groups in total. The molecule has 0 spiro atoms. The van der Waals surface area contributed by atoms with Crippen molar-refractivity contribution in [2.45, 2.75) is 12.2 Å². The van der Waals surface area contributed by atoms with Crippen LogP contribution < -0.4 is 0 Å². The molecule has 2 unspecified atom stereocenters. The van der Waals surface area contributed by atoms with Gasteiger partial charge >= 0.3 is 0 Å². The van der Waals surface area contributed by atoms with Crippen molar-refractivity contribution >= 4 is 13.5 Å². The molecule has 2 rings (SSSR count). The minimum absolute atomic E-state index is 0. The Bertz CT molecular complexity index is 89.2. The van der Waals surface area contributed by atoms with Crippen LogP contribution in [0, 0.1) is 0 Å². The molecule has 3 nitrogen and oxygen atoms in total. The molecule has 0 bridgehead atoms. The van der Waals surface area contributed by atoms with Crippen LogP contribution in [0.15, 0.2) is 0 Å². The average Bonchev–Trinajstić information content (AvgIpc) is 2.57. The minimum Gasteiger partial charge on any atom is -0.376 e. The van der Waals surface area contributed by atoms with E-state index < -0.39 is 0 Å². The molecule has 2 atom stereocenters. The highest BCUT2D eigenvalue weighted by Crippen LogP contribution is 2.12. The number of epoxide rings is 2. The van der Waals surface area contributed by atoms with Crippen LogP contribution in [-0.4, -0.2) is 38.6 Å². The molecule has 0 radical (unpaired) electrons. The predicted octanol–water partition coefficient (Wildman–Crippen LogP) is -0.0866. The third-order valence-corrected chi connectivity index (χ3v) is 1.41. The second-order valence-corrected chi connectivity index (χ2v) is 2.45. The normalized spacial score (nSPS) is 34.8. The maximum atomic E-state index is 5.23. The molecule has 0 amide bonds. The van der Waals surface area contributed by atoms with Gasteiger partial charge in [-0.15, -0.1) is 0 Å². The molecule has 0 aliphatic carbocycles. The van der Waals surface area contributed by atoms with Crippen LogP contribution in [0.4, 0.5) is 0 Å². The van der Waals surface area contributed by atoms with Gasteiger partial charge in [0.2, 0.25) is 0 Å². The van der Waals surface area contributed by atoms with Crippen LogP contribution in [0.25, 0.3) is 0 Å². The molecule has 0 saturated carbocycles. The first kappa shape index (κ1) is 8.33. The largest absolute Gasteiger partial charge is 0.376 e. The van der Waals surface area contributed by atoms with E-state index in [1.54, 1.807) is 0 Å². The molecule has 0 aromatic carbocycles. The molecule has 2 saturated heterocycles. The average molecular weight is 164 g/mol. The Morgan fingerprint density at radius 3 is 1.80 bits per heavy atom. The second kappa shape index (κ2) is 3.57. The van der Waals surface area contributed by atoms with E-state index in [2.05, 4.69) is 0 Å². The van der Waals surface area contributed by atoms with Crippen molar-refractivity contribution in [3.63, 3.8) is 0 Å². The highest BCUT2D eigenvalue weighted by atomic mass is 32.1. The smallest absolute Gasteiger partial charge is 0.104 e. The number of rotatable bonds is 4. The van der Waals surface area contributed by atoms with Crippen molar-refractivity contribution in [1.82, 2.24) is 0 Å². The first-order valence-corrected chi connectivity index (χ1v) is 3.26. The van der Waals surface area contributed by atoms with Crippen molar-refractivity contribution in [2.75, 3.05) is 26.4 Å². The van der Waals surface area contributed by atoms with Gasteiger partial charge in [-0.3, -0.25) is 0 Å². The Hall–Kier alpha value is 0.230. The Kier molecular flexibility index (Phi) is 2.97. The molecule has 2 aliphatic rings. The van der Waals surface area contributed by atoms with Crippen molar-refractivity contribution in [2.24, 2.45) is 0 Å². The Morgan fingerprint density at radius 1 is 1.10 bits per heavy atom. The molecule has 2 heterocycles. The molecular weight excluding hydrogens is 152 g/mol. The standard InChI is InChI=1S/C6H10O3.H2S/c1(5-3-8-5)7-2-6-4-9-6;/h5-6H,1-4H2;1H2. The van der Waals surface area contributed by atoms with E-state index in [1.165, 1.54) is 0 Å². The Balaban J connectivity index is 0.000000500. The SMILES string of the molecule is C(OCC1CO1)C1CO1.S. The second-order valence-electron chi connectivity index (χ2n) is 2.45. The van der Waals surface area contributed by atoms with E-state index in [1.807, 2.05) is 0 Å². The zero-order valence-corrected chi connectivity index (χ0v) is 6.71. The van der Waals surface area contributed by atoms with Crippen LogP contribution in [0.2, 0.25) is 0 Å². The summed E-state index contributed by atoms with van der Waals surface area (Å²) in [5.74, 6) is 0. The lowest BCUT2D eigenvalue weighted by Gasteiger charge is -1.95. The molecule has 0 aromatic heterocycles. The summed E-state index contributed by atoms with van der Waals surface area (Å²) >= 11 is 0. The number of hydrogen-bond acceptors (Lipinski definition) is 3. The van der Waals surface area contributed by atoms with Crippen molar-refractivity contribution in [3.8, 4) is 0 Å². The zero-order valence-electron chi connectivity index (χ0n) is 5.71. The minimum atomic E-state index is 0. The van der Waals surface area contributed by atoms with Gasteiger partial charge in [0.05, 0.1) is 26.4 Å². The maximum Gasteiger partial charge on any atom is 0.104 e. The summed E-state index contributed by atoms with van der Waals surface area (Å²) in [6.45, 7) is 3.26. The molecular formula is C6H12O3S. The summed E-state index contributed by atoms with van der Waals surface area (Å²) in [6, 6.07) is 0. The summed E-state index contributed by atoms with van der Waals surface area (Å²) in [6.07, 6.45) is 0.785. The summed E-state index contributed by atoms with van der Waals surface area (Å²) in [7, 11) is 0. The first-order valence-electron chi connectivity index (χ1n) is 3.26. The summed E-state index contributed by atoms with van der Waals surface area (Å²) < 4.78 is 15.1. The van der Waals surface area contributed by atoms with E-state index in [-0.39, 0.29) is 13.5 Å². The number of ether oxygens (including phenoxy) is 3. The highest BCUT2D eigenvalue weighted by molar-refractivity contribution is 7.59. The van der Waals surface area contributed by atoms with Crippen molar-refractivity contribution < 1.29 is 14.2 Å². The van der Waals surface area contributed by atoms with E-state index in [9.17, 15) is 0 Å². The molecule has 10 heavy (non-hydrogen) atoms. The summed E-state index contributed by atoms with van der Waals surface area (Å²) in [5, 5.41) is 0. The van der Waals surface area contributed by atoms with Gasteiger partial charge in [-0.1, -0.05) is 0 Å². The van der Waals surface area contributed by atoms with Gasteiger partial charge in [-0.05, 0) is 0 Å². The monoisotopic (exact) mass is 164 g/mol.